The fraction of sp³-hybridized carbons (Fsp3) is 0.318. The molecule has 10 heteroatoms. The van der Waals surface area contributed by atoms with Crippen molar-refractivity contribution < 1.29 is 17.9 Å². The van der Waals surface area contributed by atoms with E-state index in [4.69, 9.17) is 4.74 Å². The molecule has 1 N–H and O–H groups in total. The Hall–Kier alpha value is -3.24. The number of ether oxygens (including phenoxy) is 1. The molecule has 4 rings (SSSR count). The summed E-state index contributed by atoms with van der Waals surface area (Å²) >= 11 is 0. The minimum Gasteiger partial charge on any atom is -0.497 e. The van der Waals surface area contributed by atoms with E-state index in [0.717, 1.165) is 5.56 Å². The zero-order chi connectivity index (χ0) is 22.6. The Kier molecular flexibility index (Phi) is 6.52. The third-order valence-electron chi connectivity index (χ3n) is 5.54. The second kappa shape index (κ2) is 9.49. The Balaban J connectivity index is 1.28. The van der Waals surface area contributed by atoms with E-state index in [1.165, 1.54) is 11.4 Å². The third kappa shape index (κ3) is 4.81. The molecule has 1 aliphatic rings. The van der Waals surface area contributed by atoms with Gasteiger partial charge in [0.2, 0.25) is 15.9 Å². The summed E-state index contributed by atoms with van der Waals surface area (Å²) < 4.78 is 33.9. The lowest BCUT2D eigenvalue weighted by Gasteiger charge is -2.30. The molecule has 0 radical (unpaired) electrons. The van der Waals surface area contributed by atoms with E-state index in [1.807, 2.05) is 24.4 Å². The largest absolute Gasteiger partial charge is 0.497 e. The van der Waals surface area contributed by atoms with Gasteiger partial charge >= 0.3 is 0 Å². The van der Waals surface area contributed by atoms with Crippen molar-refractivity contribution >= 4 is 15.9 Å². The normalized spacial score (nSPS) is 15.4. The summed E-state index contributed by atoms with van der Waals surface area (Å²) in [5, 5.41) is 7.07. The fourth-order valence-corrected chi connectivity index (χ4v) is 5.12. The zero-order valence-electron chi connectivity index (χ0n) is 17.7. The molecule has 0 spiro atoms. The third-order valence-corrected chi connectivity index (χ3v) is 7.45. The highest BCUT2D eigenvalue weighted by Gasteiger charge is 2.32. The van der Waals surface area contributed by atoms with Gasteiger partial charge in [0.1, 0.15) is 5.75 Å². The van der Waals surface area contributed by atoms with Crippen LogP contribution in [0.2, 0.25) is 0 Å². The number of methoxy groups -OCH3 is 1. The van der Waals surface area contributed by atoms with Crippen molar-refractivity contribution in [2.24, 2.45) is 5.92 Å². The summed E-state index contributed by atoms with van der Waals surface area (Å²) in [6.45, 7) is 0.995. The number of carbonyl (C=O) groups excluding carboxylic acids is 1. The second-order valence-electron chi connectivity index (χ2n) is 7.55. The van der Waals surface area contributed by atoms with Gasteiger partial charge in [-0.2, -0.15) is 9.40 Å². The summed E-state index contributed by atoms with van der Waals surface area (Å²) in [7, 11) is -2.05. The number of nitrogens with zero attached hydrogens (tertiary/aromatic N) is 4. The van der Waals surface area contributed by atoms with Gasteiger partial charge in [0.25, 0.3) is 0 Å². The molecule has 1 aromatic carbocycles. The molecule has 1 amide bonds. The van der Waals surface area contributed by atoms with Gasteiger partial charge in [0.15, 0.2) is 5.82 Å². The number of pyridine rings is 1. The predicted octanol–water partition coefficient (Wildman–Crippen LogP) is 1.99. The van der Waals surface area contributed by atoms with Crippen molar-refractivity contribution in [1.29, 1.82) is 0 Å². The van der Waals surface area contributed by atoms with E-state index in [0.29, 0.717) is 44.0 Å². The van der Waals surface area contributed by atoms with Crippen molar-refractivity contribution in [2.75, 3.05) is 20.2 Å². The zero-order valence-corrected chi connectivity index (χ0v) is 18.5. The fourth-order valence-electron chi connectivity index (χ4n) is 3.65. The molecule has 0 atom stereocenters. The van der Waals surface area contributed by atoms with E-state index in [-0.39, 0.29) is 16.7 Å². The maximum absolute atomic E-state index is 12.9. The first-order valence-corrected chi connectivity index (χ1v) is 11.8. The SMILES string of the molecule is COc1ccc(S(=O)(=O)N2CCC(C(=O)NCc3ccc(-n4cccn4)nc3)CC2)cc1. The van der Waals surface area contributed by atoms with E-state index < -0.39 is 10.0 Å². The number of hydrogen-bond acceptors (Lipinski definition) is 6. The minimum absolute atomic E-state index is 0.0670. The Morgan fingerprint density at radius 1 is 1.16 bits per heavy atom. The monoisotopic (exact) mass is 455 g/mol. The lowest BCUT2D eigenvalue weighted by Crippen LogP contribution is -2.42. The molecule has 2 aromatic heterocycles. The van der Waals surface area contributed by atoms with Crippen LogP contribution in [0.3, 0.4) is 0 Å². The lowest BCUT2D eigenvalue weighted by atomic mass is 9.97. The summed E-state index contributed by atoms with van der Waals surface area (Å²) in [5.74, 6) is 1.03. The minimum atomic E-state index is -3.58. The summed E-state index contributed by atoms with van der Waals surface area (Å²) in [6.07, 6.45) is 6.17. The van der Waals surface area contributed by atoms with Crippen LogP contribution in [0.5, 0.6) is 5.75 Å². The van der Waals surface area contributed by atoms with Crippen LogP contribution in [0.15, 0.2) is 66.0 Å². The van der Waals surface area contributed by atoms with Crippen LogP contribution in [0, 0.1) is 5.92 Å². The van der Waals surface area contributed by atoms with Crippen LogP contribution in [0.1, 0.15) is 18.4 Å². The summed E-state index contributed by atoms with van der Waals surface area (Å²) in [4.78, 5) is 17.2. The van der Waals surface area contributed by atoms with Crippen LogP contribution in [-0.4, -0.2) is 53.6 Å². The van der Waals surface area contributed by atoms with Crippen LogP contribution in [0.4, 0.5) is 0 Å². The molecule has 0 saturated carbocycles. The van der Waals surface area contributed by atoms with Gasteiger partial charge in [0, 0.05) is 44.1 Å². The Labute approximate surface area is 187 Å². The van der Waals surface area contributed by atoms with Crippen molar-refractivity contribution in [3.05, 3.63) is 66.6 Å². The van der Waals surface area contributed by atoms with Crippen LogP contribution >= 0.6 is 0 Å². The van der Waals surface area contributed by atoms with Gasteiger partial charge in [-0.25, -0.2) is 18.1 Å². The molecule has 1 saturated heterocycles. The molecule has 0 aliphatic carbocycles. The van der Waals surface area contributed by atoms with Crippen molar-refractivity contribution in [2.45, 2.75) is 24.3 Å². The second-order valence-corrected chi connectivity index (χ2v) is 9.48. The summed E-state index contributed by atoms with van der Waals surface area (Å²) in [5.41, 5.74) is 0.883. The number of sulfonamides is 1. The molecule has 9 nitrogen and oxygen atoms in total. The molecular weight excluding hydrogens is 430 g/mol. The molecule has 0 unspecified atom stereocenters. The van der Waals surface area contributed by atoms with Gasteiger partial charge < -0.3 is 10.1 Å². The molecular formula is C22H25N5O4S. The van der Waals surface area contributed by atoms with Crippen molar-refractivity contribution in [3.63, 3.8) is 0 Å². The first-order valence-electron chi connectivity index (χ1n) is 10.3. The first-order chi connectivity index (χ1) is 15.5. The highest BCUT2D eigenvalue weighted by Crippen LogP contribution is 2.25. The van der Waals surface area contributed by atoms with Gasteiger partial charge in [-0.05, 0) is 54.8 Å². The standard InChI is InChI=1S/C22H25N5O4S/c1-31-19-4-6-20(7-5-19)32(29,30)26-13-9-18(10-14-26)22(28)24-16-17-3-8-21(23-15-17)27-12-2-11-25-27/h2-8,11-12,15,18H,9-10,13-14,16H2,1H3,(H,24,28). The predicted molar refractivity (Wildman–Crippen MR) is 118 cm³/mol. The molecule has 0 bridgehead atoms. The number of benzene rings is 1. The smallest absolute Gasteiger partial charge is 0.243 e. The number of aromatic nitrogens is 3. The van der Waals surface area contributed by atoms with Crippen LogP contribution in [0.25, 0.3) is 5.82 Å². The average molecular weight is 456 g/mol. The molecule has 3 heterocycles. The molecule has 1 fully saturated rings. The number of piperidine rings is 1. The number of amides is 1. The van der Waals surface area contributed by atoms with E-state index in [1.54, 1.807) is 41.3 Å². The summed E-state index contributed by atoms with van der Waals surface area (Å²) in [6, 6.07) is 11.9. The van der Waals surface area contributed by atoms with Gasteiger partial charge in [-0.1, -0.05) is 6.07 Å². The van der Waals surface area contributed by atoms with Crippen molar-refractivity contribution in [3.8, 4) is 11.6 Å². The molecule has 168 valence electrons. The van der Waals surface area contributed by atoms with Gasteiger partial charge in [-0.15, -0.1) is 0 Å². The maximum atomic E-state index is 12.9. The highest BCUT2D eigenvalue weighted by molar-refractivity contribution is 7.89. The Bertz CT molecular complexity index is 1140. The lowest BCUT2D eigenvalue weighted by molar-refractivity contribution is -0.126. The number of nitrogens with one attached hydrogen (secondary N) is 1. The van der Waals surface area contributed by atoms with Gasteiger partial charge in [0.05, 0.1) is 12.0 Å². The van der Waals surface area contributed by atoms with Crippen LogP contribution < -0.4 is 10.1 Å². The highest BCUT2D eigenvalue weighted by atomic mass is 32.2. The average Bonchev–Trinajstić information content (AvgIpc) is 3.38. The number of hydrogen-bond donors (Lipinski definition) is 1. The Morgan fingerprint density at radius 2 is 1.91 bits per heavy atom. The van der Waals surface area contributed by atoms with Crippen molar-refractivity contribution in [1.82, 2.24) is 24.4 Å². The number of carbonyl (C=O) groups is 1. The van der Waals surface area contributed by atoms with Crippen LogP contribution in [-0.2, 0) is 21.4 Å². The molecule has 1 aliphatic heterocycles. The van der Waals surface area contributed by atoms with E-state index in [9.17, 15) is 13.2 Å². The quantitative estimate of drug-likeness (QED) is 0.584. The first kappa shape index (κ1) is 22.0. The molecule has 3 aromatic rings. The topological polar surface area (TPSA) is 106 Å². The Morgan fingerprint density at radius 3 is 2.50 bits per heavy atom. The molecule has 32 heavy (non-hydrogen) atoms. The van der Waals surface area contributed by atoms with E-state index in [2.05, 4.69) is 15.4 Å². The maximum Gasteiger partial charge on any atom is 0.243 e. The number of rotatable bonds is 7. The van der Waals surface area contributed by atoms with E-state index >= 15 is 0 Å². The van der Waals surface area contributed by atoms with Gasteiger partial charge in [-0.3, -0.25) is 4.79 Å².